The van der Waals surface area contributed by atoms with Gasteiger partial charge in [-0.15, -0.1) is 10.2 Å². The van der Waals surface area contributed by atoms with Crippen molar-refractivity contribution >= 4 is 11.6 Å². The second-order valence-corrected chi connectivity index (χ2v) is 6.40. The number of aromatic nitrogens is 4. The number of aryl methyl sites for hydroxylation is 1. The van der Waals surface area contributed by atoms with Crippen LogP contribution in [0.15, 0.2) is 65.5 Å². The van der Waals surface area contributed by atoms with Gasteiger partial charge in [-0.1, -0.05) is 19.1 Å². The van der Waals surface area contributed by atoms with Crippen LogP contribution in [0, 0.1) is 0 Å². The summed E-state index contributed by atoms with van der Waals surface area (Å²) >= 11 is 0. The molecule has 0 fully saturated rings. The third kappa shape index (κ3) is 4.02. The van der Waals surface area contributed by atoms with E-state index in [2.05, 4.69) is 25.5 Å². The van der Waals surface area contributed by atoms with Gasteiger partial charge in [-0.05, 0) is 30.3 Å². The molecule has 1 amide bonds. The Bertz CT molecular complexity index is 1170. The van der Waals surface area contributed by atoms with Gasteiger partial charge in [0, 0.05) is 35.5 Å². The van der Waals surface area contributed by atoms with Gasteiger partial charge in [0.2, 0.25) is 11.8 Å². The molecule has 30 heavy (non-hydrogen) atoms. The quantitative estimate of drug-likeness (QED) is 0.520. The molecule has 0 saturated carbocycles. The SMILES string of the molecule is CCc1nnc(-c2ccc(OC)c(NC(=O)c3cccc(-c4cnccn4)c3)c2)o1. The molecular formula is C22H19N5O3. The van der Waals surface area contributed by atoms with Gasteiger partial charge in [0.1, 0.15) is 5.75 Å². The van der Waals surface area contributed by atoms with E-state index in [1.54, 1.807) is 62.1 Å². The normalized spacial score (nSPS) is 10.6. The topological polar surface area (TPSA) is 103 Å². The van der Waals surface area contributed by atoms with Gasteiger partial charge < -0.3 is 14.5 Å². The lowest BCUT2D eigenvalue weighted by Gasteiger charge is -2.12. The first-order valence-corrected chi connectivity index (χ1v) is 9.36. The molecule has 4 aromatic rings. The molecule has 0 radical (unpaired) electrons. The van der Waals surface area contributed by atoms with Crippen LogP contribution in [0.3, 0.4) is 0 Å². The first-order chi connectivity index (χ1) is 14.7. The fourth-order valence-corrected chi connectivity index (χ4v) is 2.91. The Kier molecular flexibility index (Phi) is 5.47. The Morgan fingerprint density at radius 2 is 2.00 bits per heavy atom. The van der Waals surface area contributed by atoms with Crippen LogP contribution < -0.4 is 10.1 Å². The van der Waals surface area contributed by atoms with E-state index >= 15 is 0 Å². The highest BCUT2D eigenvalue weighted by Crippen LogP contribution is 2.31. The molecular weight excluding hydrogens is 382 g/mol. The molecule has 8 nitrogen and oxygen atoms in total. The Morgan fingerprint density at radius 3 is 2.73 bits per heavy atom. The number of amides is 1. The van der Waals surface area contributed by atoms with Crippen molar-refractivity contribution in [1.82, 2.24) is 20.2 Å². The van der Waals surface area contributed by atoms with Crippen molar-refractivity contribution < 1.29 is 13.9 Å². The van der Waals surface area contributed by atoms with Crippen molar-refractivity contribution in [2.45, 2.75) is 13.3 Å². The predicted molar refractivity (Wildman–Crippen MR) is 111 cm³/mol. The molecule has 0 saturated heterocycles. The van der Waals surface area contributed by atoms with Crippen LogP contribution in [0.4, 0.5) is 5.69 Å². The van der Waals surface area contributed by atoms with E-state index in [0.717, 1.165) is 5.56 Å². The molecule has 0 spiro atoms. The third-order valence-corrected chi connectivity index (χ3v) is 4.45. The van der Waals surface area contributed by atoms with Crippen LogP contribution in [-0.4, -0.2) is 33.2 Å². The summed E-state index contributed by atoms with van der Waals surface area (Å²) in [6, 6.07) is 12.5. The van der Waals surface area contributed by atoms with Gasteiger partial charge in [0.25, 0.3) is 5.91 Å². The number of carbonyl (C=O) groups excluding carboxylic acids is 1. The summed E-state index contributed by atoms with van der Waals surface area (Å²) in [6.07, 6.45) is 5.51. The summed E-state index contributed by atoms with van der Waals surface area (Å²) in [6.45, 7) is 1.94. The van der Waals surface area contributed by atoms with Gasteiger partial charge in [0.15, 0.2) is 0 Å². The second-order valence-electron chi connectivity index (χ2n) is 6.40. The Morgan fingerprint density at radius 1 is 1.10 bits per heavy atom. The summed E-state index contributed by atoms with van der Waals surface area (Å²) in [5.41, 5.74) is 3.16. The van der Waals surface area contributed by atoms with Crippen LogP contribution >= 0.6 is 0 Å². The summed E-state index contributed by atoms with van der Waals surface area (Å²) in [5.74, 6) is 1.17. The fraction of sp³-hybridized carbons (Fsp3) is 0.136. The number of hydrogen-bond acceptors (Lipinski definition) is 7. The van der Waals surface area contributed by atoms with Crippen molar-refractivity contribution in [1.29, 1.82) is 0 Å². The van der Waals surface area contributed by atoms with Crippen LogP contribution in [0.5, 0.6) is 5.75 Å². The lowest BCUT2D eigenvalue weighted by molar-refractivity contribution is 0.102. The average molecular weight is 401 g/mol. The zero-order valence-electron chi connectivity index (χ0n) is 16.5. The molecule has 0 aliphatic heterocycles. The largest absolute Gasteiger partial charge is 0.495 e. The molecule has 8 heteroatoms. The van der Waals surface area contributed by atoms with Crippen molar-refractivity contribution in [2.24, 2.45) is 0 Å². The van der Waals surface area contributed by atoms with E-state index in [1.807, 2.05) is 13.0 Å². The Hall–Kier alpha value is -4.07. The number of carbonyl (C=O) groups is 1. The summed E-state index contributed by atoms with van der Waals surface area (Å²) in [5, 5.41) is 10.9. The molecule has 1 N–H and O–H groups in total. The first-order valence-electron chi connectivity index (χ1n) is 9.36. The van der Waals surface area contributed by atoms with Gasteiger partial charge in [-0.3, -0.25) is 14.8 Å². The van der Waals surface area contributed by atoms with Gasteiger partial charge in [-0.2, -0.15) is 0 Å². The molecule has 0 unspecified atom stereocenters. The maximum atomic E-state index is 12.9. The highest BCUT2D eigenvalue weighted by atomic mass is 16.5. The van der Waals surface area contributed by atoms with Crippen molar-refractivity contribution in [3.05, 3.63) is 72.5 Å². The Balaban J connectivity index is 1.62. The maximum Gasteiger partial charge on any atom is 0.255 e. The molecule has 0 bridgehead atoms. The smallest absolute Gasteiger partial charge is 0.255 e. The minimum absolute atomic E-state index is 0.282. The van der Waals surface area contributed by atoms with Gasteiger partial charge in [0.05, 0.1) is 24.7 Å². The zero-order valence-corrected chi connectivity index (χ0v) is 16.5. The molecule has 0 aliphatic rings. The van der Waals surface area contributed by atoms with E-state index in [0.29, 0.717) is 46.5 Å². The highest BCUT2D eigenvalue weighted by molar-refractivity contribution is 6.05. The zero-order chi connectivity index (χ0) is 20.9. The standard InChI is InChI=1S/C22H19N5O3/c1-3-20-26-27-22(30-20)16-7-8-19(29-2)17(12-16)25-21(28)15-6-4-5-14(11-15)18-13-23-9-10-24-18/h4-13H,3H2,1-2H3,(H,25,28). The number of methoxy groups -OCH3 is 1. The minimum atomic E-state index is -0.282. The third-order valence-electron chi connectivity index (χ3n) is 4.45. The maximum absolute atomic E-state index is 12.9. The fourth-order valence-electron chi connectivity index (χ4n) is 2.91. The highest BCUT2D eigenvalue weighted by Gasteiger charge is 2.15. The van der Waals surface area contributed by atoms with Crippen molar-refractivity contribution in [2.75, 3.05) is 12.4 Å². The lowest BCUT2D eigenvalue weighted by Crippen LogP contribution is -2.13. The lowest BCUT2D eigenvalue weighted by atomic mass is 10.1. The number of benzene rings is 2. The van der Waals surface area contributed by atoms with Crippen molar-refractivity contribution in [3.63, 3.8) is 0 Å². The summed E-state index contributed by atoms with van der Waals surface area (Å²) in [7, 11) is 1.54. The number of hydrogen-bond donors (Lipinski definition) is 1. The van der Waals surface area contributed by atoms with Crippen LogP contribution in [0.1, 0.15) is 23.2 Å². The van der Waals surface area contributed by atoms with Crippen molar-refractivity contribution in [3.8, 4) is 28.5 Å². The molecule has 0 aliphatic carbocycles. The van der Waals surface area contributed by atoms with E-state index < -0.39 is 0 Å². The number of nitrogens with one attached hydrogen (secondary N) is 1. The van der Waals surface area contributed by atoms with E-state index in [4.69, 9.17) is 9.15 Å². The number of nitrogens with zero attached hydrogens (tertiary/aromatic N) is 4. The molecule has 2 heterocycles. The first kappa shape index (κ1) is 19.3. The average Bonchev–Trinajstić information content (AvgIpc) is 3.29. The molecule has 150 valence electrons. The molecule has 2 aromatic heterocycles. The molecule has 4 rings (SSSR count). The Labute approximate surface area is 173 Å². The second kappa shape index (κ2) is 8.52. The number of rotatable bonds is 6. The summed E-state index contributed by atoms with van der Waals surface area (Å²) < 4.78 is 11.0. The van der Waals surface area contributed by atoms with E-state index in [-0.39, 0.29) is 5.91 Å². The number of anilines is 1. The molecule has 0 atom stereocenters. The van der Waals surface area contributed by atoms with Crippen LogP contribution in [0.2, 0.25) is 0 Å². The minimum Gasteiger partial charge on any atom is -0.495 e. The van der Waals surface area contributed by atoms with Gasteiger partial charge >= 0.3 is 0 Å². The van der Waals surface area contributed by atoms with Gasteiger partial charge in [-0.25, -0.2) is 0 Å². The monoisotopic (exact) mass is 401 g/mol. The van der Waals surface area contributed by atoms with Crippen LogP contribution in [0.25, 0.3) is 22.7 Å². The molecule has 2 aromatic carbocycles. The number of ether oxygens (including phenoxy) is 1. The summed E-state index contributed by atoms with van der Waals surface area (Å²) in [4.78, 5) is 21.3. The predicted octanol–water partition coefficient (Wildman–Crippen LogP) is 4.02. The van der Waals surface area contributed by atoms with E-state index in [9.17, 15) is 4.79 Å². The van der Waals surface area contributed by atoms with E-state index in [1.165, 1.54) is 0 Å². The van der Waals surface area contributed by atoms with Crippen LogP contribution in [-0.2, 0) is 6.42 Å².